The molecule has 3 rings (SSSR count). The van der Waals surface area contributed by atoms with Crippen LogP contribution in [0.25, 0.3) is 10.9 Å². The highest BCUT2D eigenvalue weighted by Gasteiger charge is 2.24. The number of aromatic amines is 1. The number of hydrogen-bond acceptors (Lipinski definition) is 3. The molecule has 2 heterocycles. The number of fused-ring (bicyclic) bond motifs is 1. The van der Waals surface area contributed by atoms with Crippen LogP contribution in [0.1, 0.15) is 31.7 Å². The van der Waals surface area contributed by atoms with Crippen molar-refractivity contribution >= 4 is 22.8 Å². The molecule has 0 bridgehead atoms. The Morgan fingerprint density at radius 2 is 2.13 bits per heavy atom. The zero-order valence-electron chi connectivity index (χ0n) is 13.4. The number of nitrogens with one attached hydrogen (secondary N) is 1. The summed E-state index contributed by atoms with van der Waals surface area (Å²) in [7, 11) is 0. The Morgan fingerprint density at radius 3 is 2.96 bits per heavy atom. The second-order valence-electron chi connectivity index (χ2n) is 6.13. The first-order valence-electron chi connectivity index (χ1n) is 8.15. The van der Waals surface area contributed by atoms with Crippen molar-refractivity contribution in [3.05, 3.63) is 36.0 Å². The van der Waals surface area contributed by atoms with Gasteiger partial charge in [-0.2, -0.15) is 0 Å². The van der Waals surface area contributed by atoms with E-state index in [0.717, 1.165) is 42.3 Å². The van der Waals surface area contributed by atoms with Crippen LogP contribution in [0.3, 0.4) is 0 Å². The summed E-state index contributed by atoms with van der Waals surface area (Å²) >= 11 is 0. The second-order valence-corrected chi connectivity index (χ2v) is 6.13. The maximum atomic E-state index is 12.2. The van der Waals surface area contributed by atoms with Gasteiger partial charge < -0.3 is 14.6 Å². The summed E-state index contributed by atoms with van der Waals surface area (Å²) in [6.45, 7) is 2.65. The van der Waals surface area contributed by atoms with Crippen molar-refractivity contribution in [3.63, 3.8) is 0 Å². The van der Waals surface area contributed by atoms with Crippen molar-refractivity contribution in [3.8, 4) is 0 Å². The van der Waals surface area contributed by atoms with Crippen LogP contribution in [0.2, 0.25) is 0 Å². The number of rotatable bonds is 4. The molecule has 0 unspecified atom stereocenters. The molecule has 5 heteroatoms. The Bertz CT molecular complexity index is 707. The molecule has 1 N–H and O–H groups in total. The van der Waals surface area contributed by atoms with Gasteiger partial charge in [-0.05, 0) is 37.8 Å². The summed E-state index contributed by atoms with van der Waals surface area (Å²) in [6.07, 6.45) is 5.20. The molecule has 1 fully saturated rings. The predicted molar refractivity (Wildman–Crippen MR) is 88.0 cm³/mol. The van der Waals surface area contributed by atoms with E-state index in [-0.39, 0.29) is 30.9 Å². The Kier molecular flexibility index (Phi) is 4.65. The van der Waals surface area contributed by atoms with Gasteiger partial charge in [0.25, 0.3) is 5.91 Å². The number of piperidine rings is 1. The van der Waals surface area contributed by atoms with Crippen molar-refractivity contribution in [1.82, 2.24) is 9.88 Å². The van der Waals surface area contributed by atoms with Gasteiger partial charge in [0.05, 0.1) is 6.42 Å². The van der Waals surface area contributed by atoms with E-state index >= 15 is 0 Å². The number of amides is 1. The van der Waals surface area contributed by atoms with Crippen molar-refractivity contribution in [2.75, 3.05) is 13.2 Å². The third kappa shape index (κ3) is 3.55. The molecular weight excluding hydrogens is 292 g/mol. The van der Waals surface area contributed by atoms with Gasteiger partial charge in [0.15, 0.2) is 6.61 Å². The molecule has 1 amide bonds. The average molecular weight is 314 g/mol. The number of nitrogens with zero attached hydrogens (tertiary/aromatic N) is 1. The third-order valence-corrected chi connectivity index (χ3v) is 4.49. The molecule has 0 spiro atoms. The SMILES string of the molecule is C[C@H]1CCCCN1C(=O)COC(=O)Cc1c[nH]c2ccccc12. The van der Waals surface area contributed by atoms with Crippen LogP contribution in [0, 0.1) is 0 Å². The molecule has 2 aromatic rings. The van der Waals surface area contributed by atoms with E-state index in [4.69, 9.17) is 4.74 Å². The van der Waals surface area contributed by atoms with Gasteiger partial charge in [-0.1, -0.05) is 18.2 Å². The van der Waals surface area contributed by atoms with Crippen LogP contribution >= 0.6 is 0 Å². The Balaban J connectivity index is 1.54. The van der Waals surface area contributed by atoms with E-state index in [9.17, 15) is 9.59 Å². The van der Waals surface area contributed by atoms with Crippen molar-refractivity contribution in [2.45, 2.75) is 38.6 Å². The fourth-order valence-electron chi connectivity index (χ4n) is 3.18. The number of aromatic nitrogens is 1. The smallest absolute Gasteiger partial charge is 0.310 e. The number of likely N-dealkylation sites (tertiary alicyclic amines) is 1. The lowest BCUT2D eigenvalue weighted by atomic mass is 10.0. The number of hydrogen-bond donors (Lipinski definition) is 1. The standard InChI is InChI=1S/C18H22N2O3/c1-13-6-4-5-9-20(13)17(21)12-23-18(22)10-14-11-19-16-8-3-2-7-15(14)16/h2-3,7-8,11,13,19H,4-6,9-10,12H2,1H3/t13-/m0/s1. The van der Waals surface area contributed by atoms with E-state index in [1.54, 1.807) is 0 Å². The minimum Gasteiger partial charge on any atom is -0.455 e. The number of ether oxygens (including phenoxy) is 1. The second kappa shape index (κ2) is 6.86. The van der Waals surface area contributed by atoms with Crippen LogP contribution < -0.4 is 0 Å². The number of para-hydroxylation sites is 1. The molecule has 1 atom stereocenters. The topological polar surface area (TPSA) is 62.4 Å². The number of carbonyl (C=O) groups is 2. The molecule has 1 aromatic heterocycles. The summed E-state index contributed by atoms with van der Waals surface area (Å²) in [5.41, 5.74) is 1.89. The number of carbonyl (C=O) groups excluding carboxylic acids is 2. The number of benzene rings is 1. The lowest BCUT2D eigenvalue weighted by Gasteiger charge is -2.33. The molecule has 122 valence electrons. The zero-order chi connectivity index (χ0) is 16.2. The third-order valence-electron chi connectivity index (χ3n) is 4.49. The fraction of sp³-hybridized carbons (Fsp3) is 0.444. The van der Waals surface area contributed by atoms with Crippen molar-refractivity contribution in [2.24, 2.45) is 0 Å². The highest BCUT2D eigenvalue weighted by molar-refractivity contribution is 5.88. The molecule has 5 nitrogen and oxygen atoms in total. The minimum atomic E-state index is -0.368. The lowest BCUT2D eigenvalue weighted by Crippen LogP contribution is -2.44. The highest BCUT2D eigenvalue weighted by Crippen LogP contribution is 2.19. The van der Waals surface area contributed by atoms with Crippen LogP contribution in [0.4, 0.5) is 0 Å². The molecule has 0 aliphatic carbocycles. The Hall–Kier alpha value is -2.30. The number of esters is 1. The maximum absolute atomic E-state index is 12.2. The van der Waals surface area contributed by atoms with E-state index in [0.29, 0.717) is 0 Å². The van der Waals surface area contributed by atoms with Crippen LogP contribution in [-0.2, 0) is 20.7 Å². The van der Waals surface area contributed by atoms with E-state index in [1.165, 1.54) is 0 Å². The van der Waals surface area contributed by atoms with E-state index in [2.05, 4.69) is 4.98 Å². The molecule has 0 radical (unpaired) electrons. The Labute approximate surface area is 135 Å². The first-order valence-corrected chi connectivity index (χ1v) is 8.15. The largest absolute Gasteiger partial charge is 0.455 e. The average Bonchev–Trinajstić information content (AvgIpc) is 2.96. The summed E-state index contributed by atoms with van der Waals surface area (Å²) < 4.78 is 5.18. The van der Waals surface area contributed by atoms with Crippen molar-refractivity contribution < 1.29 is 14.3 Å². The fourth-order valence-corrected chi connectivity index (χ4v) is 3.18. The van der Waals surface area contributed by atoms with Gasteiger partial charge >= 0.3 is 5.97 Å². The summed E-state index contributed by atoms with van der Waals surface area (Å²) in [6, 6.07) is 8.05. The zero-order valence-corrected chi connectivity index (χ0v) is 13.4. The lowest BCUT2D eigenvalue weighted by molar-refractivity contribution is -0.152. The monoisotopic (exact) mass is 314 g/mol. The maximum Gasteiger partial charge on any atom is 0.310 e. The molecule has 1 aromatic carbocycles. The Morgan fingerprint density at radius 1 is 1.30 bits per heavy atom. The van der Waals surface area contributed by atoms with Gasteiger partial charge in [-0.3, -0.25) is 9.59 Å². The first kappa shape index (κ1) is 15.6. The van der Waals surface area contributed by atoms with E-state index < -0.39 is 0 Å². The highest BCUT2D eigenvalue weighted by atomic mass is 16.5. The van der Waals surface area contributed by atoms with Crippen molar-refractivity contribution in [1.29, 1.82) is 0 Å². The van der Waals surface area contributed by atoms with Crippen LogP contribution in [-0.4, -0.2) is 41.0 Å². The van der Waals surface area contributed by atoms with Gasteiger partial charge in [-0.25, -0.2) is 0 Å². The molecule has 1 saturated heterocycles. The molecule has 23 heavy (non-hydrogen) atoms. The molecule has 1 aliphatic heterocycles. The molecular formula is C18H22N2O3. The van der Waals surface area contributed by atoms with Crippen LogP contribution in [0.5, 0.6) is 0 Å². The van der Waals surface area contributed by atoms with Gasteiger partial charge in [-0.15, -0.1) is 0 Å². The van der Waals surface area contributed by atoms with E-state index in [1.807, 2.05) is 42.3 Å². The predicted octanol–water partition coefficient (Wildman–Crippen LogP) is 2.65. The first-order chi connectivity index (χ1) is 11.1. The number of H-pyrrole nitrogens is 1. The minimum absolute atomic E-state index is 0.0931. The quantitative estimate of drug-likeness (QED) is 0.883. The summed E-state index contributed by atoms with van der Waals surface area (Å²) in [4.78, 5) is 29.1. The summed E-state index contributed by atoms with van der Waals surface area (Å²) in [5, 5.41) is 1.01. The van der Waals surface area contributed by atoms with Gasteiger partial charge in [0.2, 0.25) is 0 Å². The molecule has 0 saturated carbocycles. The van der Waals surface area contributed by atoms with Crippen LogP contribution in [0.15, 0.2) is 30.5 Å². The molecule has 1 aliphatic rings. The normalized spacial score (nSPS) is 18.1. The van der Waals surface area contributed by atoms with Gasteiger partial charge in [0.1, 0.15) is 0 Å². The van der Waals surface area contributed by atoms with Gasteiger partial charge in [0, 0.05) is 29.7 Å². The summed E-state index contributed by atoms with van der Waals surface area (Å²) in [5.74, 6) is -0.461.